The lowest BCUT2D eigenvalue weighted by molar-refractivity contribution is -0.242. The van der Waals surface area contributed by atoms with Crippen LogP contribution in [-0.2, 0) is 25.4 Å². The summed E-state index contributed by atoms with van der Waals surface area (Å²) >= 11 is 0. The molecule has 0 aromatic heterocycles. The summed E-state index contributed by atoms with van der Waals surface area (Å²) in [7, 11) is 0. The van der Waals surface area contributed by atoms with Crippen LogP contribution in [0.3, 0.4) is 0 Å². The Bertz CT molecular complexity index is 1560. The number of morpholine rings is 1. The van der Waals surface area contributed by atoms with E-state index in [1.807, 2.05) is 0 Å². The first-order valence-corrected chi connectivity index (χ1v) is 19.6. The van der Waals surface area contributed by atoms with Gasteiger partial charge in [-0.3, -0.25) is 4.79 Å². The minimum Gasteiger partial charge on any atom is -0.389 e. The van der Waals surface area contributed by atoms with Crippen molar-refractivity contribution in [1.29, 1.82) is 0 Å². The normalized spacial score (nSPS) is 43.9. The minimum atomic E-state index is -1.34. The summed E-state index contributed by atoms with van der Waals surface area (Å²) < 4.78 is 46.9. The lowest BCUT2D eigenvalue weighted by Gasteiger charge is -2.63. The average molecular weight is 727 g/mol. The molecule has 1 aromatic carbocycles. The third kappa shape index (κ3) is 5.19. The third-order valence-corrected chi connectivity index (χ3v) is 15.9. The first-order valence-electron chi connectivity index (χ1n) is 19.6. The van der Waals surface area contributed by atoms with Gasteiger partial charge < -0.3 is 34.4 Å². The maximum absolute atomic E-state index is 13.8. The molecule has 8 rings (SSSR count). The molecule has 8 nitrogen and oxygen atoms in total. The summed E-state index contributed by atoms with van der Waals surface area (Å²) in [6, 6.07) is 3.21. The van der Waals surface area contributed by atoms with Gasteiger partial charge >= 0.3 is 0 Å². The van der Waals surface area contributed by atoms with Crippen molar-refractivity contribution in [2.24, 2.45) is 44.8 Å². The van der Waals surface area contributed by atoms with E-state index in [0.29, 0.717) is 43.3 Å². The summed E-state index contributed by atoms with van der Waals surface area (Å²) in [6.07, 6.45) is 6.25. The molecule has 52 heavy (non-hydrogen) atoms. The Kier molecular flexibility index (Phi) is 8.70. The largest absolute Gasteiger partial charge is 0.389 e. The Morgan fingerprint density at radius 3 is 2.50 bits per heavy atom. The number of aliphatic hydroxyl groups excluding tert-OH is 2. The Hall–Kier alpha value is -1.69. The van der Waals surface area contributed by atoms with Crippen LogP contribution >= 0.6 is 0 Å². The summed E-state index contributed by atoms with van der Waals surface area (Å²) in [5, 5.41) is 34.0. The Labute approximate surface area is 308 Å². The van der Waals surface area contributed by atoms with Crippen LogP contribution in [0.1, 0.15) is 105 Å². The molecule has 10 heteroatoms. The molecule has 3 N–H and O–H groups in total. The van der Waals surface area contributed by atoms with Crippen molar-refractivity contribution < 1.29 is 43.1 Å². The summed E-state index contributed by atoms with van der Waals surface area (Å²) in [4.78, 5) is 14.9. The van der Waals surface area contributed by atoms with Crippen molar-refractivity contribution in [3.63, 3.8) is 0 Å². The molecule has 2 heterocycles. The fourth-order valence-electron chi connectivity index (χ4n) is 13.4. The molecule has 2 saturated heterocycles. The molecule has 2 aliphatic heterocycles. The van der Waals surface area contributed by atoms with Crippen LogP contribution in [0.4, 0.5) is 8.78 Å². The van der Waals surface area contributed by atoms with Gasteiger partial charge in [0.2, 0.25) is 5.91 Å². The van der Waals surface area contributed by atoms with Crippen molar-refractivity contribution in [2.45, 2.75) is 136 Å². The molecule has 2 spiro atoms. The van der Waals surface area contributed by atoms with Gasteiger partial charge in [-0.1, -0.05) is 34.6 Å². The van der Waals surface area contributed by atoms with E-state index in [1.165, 1.54) is 18.1 Å². The molecule has 5 aliphatic carbocycles. The minimum absolute atomic E-state index is 0.0509. The van der Waals surface area contributed by atoms with Gasteiger partial charge in [-0.15, -0.1) is 0 Å². The summed E-state index contributed by atoms with van der Waals surface area (Å²) in [5.74, 6) is 0.608. The van der Waals surface area contributed by atoms with Crippen LogP contribution in [0.25, 0.3) is 0 Å². The molecule has 1 amide bonds. The van der Waals surface area contributed by atoms with Crippen molar-refractivity contribution in [3.05, 3.63) is 53.5 Å². The van der Waals surface area contributed by atoms with Gasteiger partial charge in [0.05, 0.1) is 37.4 Å². The first-order chi connectivity index (χ1) is 24.3. The zero-order valence-corrected chi connectivity index (χ0v) is 31.9. The molecule has 1 aromatic rings. The number of fused-ring (bicyclic) bond motifs is 4. The lowest BCUT2D eigenvalue weighted by Crippen LogP contribution is -2.59. The first kappa shape index (κ1) is 37.2. The molecule has 287 valence electrons. The van der Waals surface area contributed by atoms with Crippen LogP contribution in [-0.4, -0.2) is 76.0 Å². The van der Waals surface area contributed by atoms with Crippen LogP contribution in [0.15, 0.2) is 18.2 Å². The maximum Gasteiger partial charge on any atom is 0.227 e. The summed E-state index contributed by atoms with van der Waals surface area (Å²) in [6.45, 7) is 15.8. The molecule has 1 unspecified atom stereocenters. The quantitative estimate of drug-likeness (QED) is 0.316. The third-order valence-electron chi connectivity index (χ3n) is 15.9. The molecule has 7 aliphatic rings. The van der Waals surface area contributed by atoms with Crippen molar-refractivity contribution in [1.82, 2.24) is 4.90 Å². The van der Waals surface area contributed by atoms with Crippen molar-refractivity contribution in [3.8, 4) is 0 Å². The van der Waals surface area contributed by atoms with Gasteiger partial charge in [-0.25, -0.2) is 8.78 Å². The fraction of sp³-hybridized carbons (Fsp3) is 0.762. The zero-order chi connectivity index (χ0) is 37.4. The number of aliphatic hydroxyl groups is 3. The number of hydrogen-bond donors (Lipinski definition) is 3. The predicted molar refractivity (Wildman–Crippen MR) is 188 cm³/mol. The molecular formula is C42H58F2NO7. The molecule has 11 atom stereocenters. The van der Waals surface area contributed by atoms with Crippen LogP contribution in [0.2, 0.25) is 0 Å². The number of rotatable bonds is 6. The van der Waals surface area contributed by atoms with Gasteiger partial charge in [-0.05, 0) is 122 Å². The Balaban J connectivity index is 0.974. The second kappa shape index (κ2) is 12.2. The van der Waals surface area contributed by atoms with E-state index < -0.39 is 41.1 Å². The van der Waals surface area contributed by atoms with Gasteiger partial charge in [-0.2, -0.15) is 0 Å². The van der Waals surface area contributed by atoms with Gasteiger partial charge in [0.25, 0.3) is 0 Å². The van der Waals surface area contributed by atoms with Crippen LogP contribution in [0, 0.1) is 74.6 Å². The number of amides is 1. The number of ether oxygens (including phenoxy) is 3. The van der Waals surface area contributed by atoms with Crippen LogP contribution < -0.4 is 0 Å². The fourth-order valence-corrected chi connectivity index (χ4v) is 13.4. The zero-order valence-electron chi connectivity index (χ0n) is 31.9. The monoisotopic (exact) mass is 726 g/mol. The molecular weight excluding hydrogens is 668 g/mol. The smallest absolute Gasteiger partial charge is 0.227 e. The highest BCUT2D eigenvalue weighted by atomic mass is 19.1. The molecule has 0 bridgehead atoms. The molecule has 5 saturated carbocycles. The Morgan fingerprint density at radius 1 is 1.10 bits per heavy atom. The topological polar surface area (TPSA) is 109 Å². The average Bonchev–Trinajstić information content (AvgIpc) is 3.69. The van der Waals surface area contributed by atoms with E-state index in [-0.39, 0.29) is 58.5 Å². The van der Waals surface area contributed by atoms with Crippen LogP contribution in [0.5, 0.6) is 0 Å². The number of carbonyl (C=O) groups excluding carboxylic acids is 1. The highest BCUT2D eigenvalue weighted by Gasteiger charge is 2.85. The number of carbonyl (C=O) groups is 1. The maximum atomic E-state index is 13.8. The van der Waals surface area contributed by atoms with Gasteiger partial charge in [0.1, 0.15) is 29.9 Å². The van der Waals surface area contributed by atoms with E-state index in [2.05, 4.69) is 34.6 Å². The highest BCUT2D eigenvalue weighted by Crippen LogP contribution is 2.90. The SMILES string of the molecule is C[C@@H]1C[C]([C@H](O)C(C)(C)O)O[C]2[C@H]1[C@@]1(C)CC[C@@]34C[C@@]35CCC(O[C@H]3CN(C(=O)Cc6cc(F)cc(F)c6)CCO3)C(C)(C)[C@@H]5CC[C]4[C@]1(C)[C@H]2O. The number of nitrogens with zero attached hydrogens (tertiary/aromatic N) is 1. The standard InChI is InChI=1S/C42H58F2NO7/c1-23-16-27(35(47)38(4,5)49)51-34-33(23)39(6)12-13-42-22-41(42)11-10-30(37(2,3)28(41)8-9-29(42)40(39,7)36(34)48)52-32-21-45(14-15-50-32)31(46)19-24-17-25(43)20-26(44)18-24/h17-18,20,23,28,30,32-33,35-36,47-49H,8-16,19,21-22H2,1-7H3/t23-,28+,30?,32+,33+,35+,36+,39-,40-,41-,42+/m1/s1. The lowest BCUT2D eigenvalue weighted by atomic mass is 9.41. The number of hydrogen-bond acceptors (Lipinski definition) is 7. The highest BCUT2D eigenvalue weighted by molar-refractivity contribution is 5.78. The summed E-state index contributed by atoms with van der Waals surface area (Å²) in [5.41, 5.74) is -1.58. The van der Waals surface area contributed by atoms with E-state index in [0.717, 1.165) is 51.0 Å². The van der Waals surface area contributed by atoms with Gasteiger partial charge in [0.15, 0.2) is 6.29 Å². The van der Waals surface area contributed by atoms with Crippen molar-refractivity contribution >= 4 is 5.91 Å². The van der Waals surface area contributed by atoms with Crippen molar-refractivity contribution in [2.75, 3.05) is 19.7 Å². The van der Waals surface area contributed by atoms with E-state index >= 15 is 0 Å². The Morgan fingerprint density at radius 2 is 1.81 bits per heavy atom. The molecule has 7 fully saturated rings. The predicted octanol–water partition coefficient (Wildman–Crippen LogP) is 6.31. The van der Waals surface area contributed by atoms with E-state index in [1.54, 1.807) is 18.7 Å². The van der Waals surface area contributed by atoms with E-state index in [4.69, 9.17) is 14.2 Å². The second-order valence-corrected chi connectivity index (χ2v) is 19.3. The number of benzene rings is 1. The molecule has 3 radical (unpaired) electrons. The van der Waals surface area contributed by atoms with E-state index in [9.17, 15) is 28.9 Å². The number of halogens is 2. The second-order valence-electron chi connectivity index (χ2n) is 19.3. The van der Waals surface area contributed by atoms with Gasteiger partial charge in [0, 0.05) is 23.9 Å².